The summed E-state index contributed by atoms with van der Waals surface area (Å²) in [4.78, 5) is 16.0. The predicted molar refractivity (Wildman–Crippen MR) is 66.4 cm³/mol. The summed E-state index contributed by atoms with van der Waals surface area (Å²) < 4.78 is 0. The highest BCUT2D eigenvalue weighted by atomic mass is 16.2. The lowest BCUT2D eigenvalue weighted by molar-refractivity contribution is -0.124. The van der Waals surface area contributed by atoms with E-state index in [1.54, 1.807) is 12.4 Å². The largest absolute Gasteiger partial charge is 0.348 e. The summed E-state index contributed by atoms with van der Waals surface area (Å²) in [5, 5.41) is 6.27. The van der Waals surface area contributed by atoms with Crippen LogP contribution in [0.2, 0.25) is 0 Å². The molecule has 4 nitrogen and oxygen atoms in total. The molecule has 0 aliphatic carbocycles. The third-order valence-corrected chi connectivity index (χ3v) is 3.17. The van der Waals surface area contributed by atoms with Gasteiger partial charge >= 0.3 is 0 Å². The molecule has 4 heteroatoms. The first-order chi connectivity index (χ1) is 8.27. The molecule has 1 fully saturated rings. The monoisotopic (exact) mass is 233 g/mol. The second kappa shape index (κ2) is 5.77. The van der Waals surface area contributed by atoms with Gasteiger partial charge in [-0.15, -0.1) is 0 Å². The maximum atomic E-state index is 12.0. The summed E-state index contributed by atoms with van der Waals surface area (Å²) in [6, 6.07) is 3.85. The molecule has 0 spiro atoms. The van der Waals surface area contributed by atoms with Crippen LogP contribution < -0.4 is 10.6 Å². The van der Waals surface area contributed by atoms with Gasteiger partial charge in [0, 0.05) is 12.4 Å². The zero-order valence-corrected chi connectivity index (χ0v) is 10.1. The number of hydrogen-bond donors (Lipinski definition) is 2. The molecule has 2 atom stereocenters. The molecule has 1 aromatic heterocycles. The van der Waals surface area contributed by atoms with Crippen molar-refractivity contribution in [3.8, 4) is 0 Å². The number of carbonyl (C=O) groups is 1. The predicted octanol–water partition coefficient (Wildman–Crippen LogP) is 1.40. The van der Waals surface area contributed by atoms with E-state index < -0.39 is 0 Å². The molecule has 1 aromatic rings. The van der Waals surface area contributed by atoms with Gasteiger partial charge in [-0.3, -0.25) is 9.78 Å². The van der Waals surface area contributed by atoms with E-state index in [0.717, 1.165) is 24.9 Å². The zero-order valence-electron chi connectivity index (χ0n) is 10.1. The van der Waals surface area contributed by atoms with E-state index in [0.29, 0.717) is 0 Å². The van der Waals surface area contributed by atoms with E-state index in [-0.39, 0.29) is 18.0 Å². The summed E-state index contributed by atoms with van der Waals surface area (Å²) in [6.07, 6.45) is 6.76. The quantitative estimate of drug-likeness (QED) is 0.829. The minimum absolute atomic E-state index is 0.0138. The minimum Gasteiger partial charge on any atom is -0.348 e. The van der Waals surface area contributed by atoms with Gasteiger partial charge in [0.25, 0.3) is 0 Å². The highest BCUT2D eigenvalue weighted by Crippen LogP contribution is 2.12. The standard InChI is InChI=1S/C13H19N3O/c1-10(11-5-4-7-14-9-11)16-13(17)12-6-2-3-8-15-12/h4-5,7,9-10,12,15H,2-3,6,8H2,1H3,(H,16,17)/t10?,12-/m1/s1. The van der Waals surface area contributed by atoms with Crippen LogP contribution in [-0.4, -0.2) is 23.5 Å². The molecule has 1 aliphatic rings. The summed E-state index contributed by atoms with van der Waals surface area (Å²) in [6.45, 7) is 2.93. The lowest BCUT2D eigenvalue weighted by Crippen LogP contribution is -2.47. The number of hydrogen-bond acceptors (Lipinski definition) is 3. The van der Waals surface area contributed by atoms with E-state index in [4.69, 9.17) is 0 Å². The number of pyridine rings is 1. The fraction of sp³-hybridized carbons (Fsp3) is 0.538. The number of carbonyl (C=O) groups excluding carboxylic acids is 1. The molecule has 1 unspecified atom stereocenters. The van der Waals surface area contributed by atoms with Crippen LogP contribution in [0.5, 0.6) is 0 Å². The Kier molecular flexibility index (Phi) is 4.09. The van der Waals surface area contributed by atoms with Gasteiger partial charge in [-0.05, 0) is 37.9 Å². The summed E-state index contributed by atoms with van der Waals surface area (Å²) in [5.41, 5.74) is 1.04. The Hall–Kier alpha value is -1.42. The minimum atomic E-state index is -0.0251. The van der Waals surface area contributed by atoms with Crippen LogP contribution in [0, 0.1) is 0 Å². The van der Waals surface area contributed by atoms with Crippen LogP contribution in [0.1, 0.15) is 37.8 Å². The van der Waals surface area contributed by atoms with Gasteiger partial charge < -0.3 is 10.6 Å². The number of aromatic nitrogens is 1. The maximum Gasteiger partial charge on any atom is 0.237 e. The summed E-state index contributed by atoms with van der Waals surface area (Å²) >= 11 is 0. The molecule has 2 N–H and O–H groups in total. The maximum absolute atomic E-state index is 12.0. The molecule has 92 valence electrons. The third-order valence-electron chi connectivity index (χ3n) is 3.17. The van der Waals surface area contributed by atoms with Crippen LogP contribution in [0.3, 0.4) is 0 Å². The average molecular weight is 233 g/mol. The van der Waals surface area contributed by atoms with Gasteiger partial charge in [-0.1, -0.05) is 12.5 Å². The molecule has 1 aliphatic heterocycles. The zero-order chi connectivity index (χ0) is 12.1. The molecular weight excluding hydrogens is 214 g/mol. The van der Waals surface area contributed by atoms with Crippen LogP contribution in [0.15, 0.2) is 24.5 Å². The number of amides is 1. The molecule has 0 bridgehead atoms. The Morgan fingerprint density at radius 2 is 2.47 bits per heavy atom. The van der Waals surface area contributed by atoms with Gasteiger partial charge in [-0.25, -0.2) is 0 Å². The Bertz CT molecular complexity index is 360. The molecule has 0 aromatic carbocycles. The molecule has 0 saturated carbocycles. The first-order valence-electron chi connectivity index (χ1n) is 6.21. The number of nitrogens with zero attached hydrogens (tertiary/aromatic N) is 1. The van der Waals surface area contributed by atoms with Crippen molar-refractivity contribution in [3.05, 3.63) is 30.1 Å². The molecule has 2 rings (SSSR count). The smallest absolute Gasteiger partial charge is 0.237 e. The van der Waals surface area contributed by atoms with E-state index in [1.165, 1.54) is 6.42 Å². The Balaban J connectivity index is 1.89. The fourth-order valence-corrected chi connectivity index (χ4v) is 2.11. The molecule has 17 heavy (non-hydrogen) atoms. The van der Waals surface area contributed by atoms with Crippen molar-refractivity contribution in [2.24, 2.45) is 0 Å². The van der Waals surface area contributed by atoms with Crippen LogP contribution in [0.25, 0.3) is 0 Å². The summed E-state index contributed by atoms with van der Waals surface area (Å²) in [5.74, 6) is 0.0982. The Morgan fingerprint density at radius 3 is 3.12 bits per heavy atom. The summed E-state index contributed by atoms with van der Waals surface area (Å²) in [7, 11) is 0. The molecule has 2 heterocycles. The molecule has 0 radical (unpaired) electrons. The van der Waals surface area contributed by atoms with E-state index in [9.17, 15) is 4.79 Å². The van der Waals surface area contributed by atoms with Gasteiger partial charge in [0.05, 0.1) is 12.1 Å². The average Bonchev–Trinajstić information content (AvgIpc) is 2.40. The number of piperidine rings is 1. The lowest BCUT2D eigenvalue weighted by atomic mass is 10.0. The topological polar surface area (TPSA) is 54.0 Å². The second-order valence-electron chi connectivity index (χ2n) is 4.52. The molecular formula is C13H19N3O. The van der Waals surface area contributed by atoms with Gasteiger partial charge in [-0.2, -0.15) is 0 Å². The van der Waals surface area contributed by atoms with E-state index in [2.05, 4.69) is 15.6 Å². The van der Waals surface area contributed by atoms with Crippen molar-refractivity contribution in [1.82, 2.24) is 15.6 Å². The first-order valence-corrected chi connectivity index (χ1v) is 6.21. The second-order valence-corrected chi connectivity index (χ2v) is 4.52. The highest BCUT2D eigenvalue weighted by Gasteiger charge is 2.21. The Morgan fingerprint density at radius 1 is 1.59 bits per heavy atom. The number of rotatable bonds is 3. The van der Waals surface area contributed by atoms with Crippen molar-refractivity contribution in [1.29, 1.82) is 0 Å². The SMILES string of the molecule is CC(NC(=O)[C@H]1CCCCN1)c1cccnc1. The van der Waals surface area contributed by atoms with Crippen LogP contribution in [-0.2, 0) is 4.79 Å². The van der Waals surface area contributed by atoms with E-state index in [1.807, 2.05) is 19.1 Å². The van der Waals surface area contributed by atoms with Crippen molar-refractivity contribution in [2.75, 3.05) is 6.54 Å². The highest BCUT2D eigenvalue weighted by molar-refractivity contribution is 5.82. The van der Waals surface area contributed by atoms with Crippen molar-refractivity contribution in [3.63, 3.8) is 0 Å². The number of nitrogens with one attached hydrogen (secondary N) is 2. The molecule has 1 saturated heterocycles. The van der Waals surface area contributed by atoms with Crippen molar-refractivity contribution in [2.45, 2.75) is 38.3 Å². The van der Waals surface area contributed by atoms with Crippen LogP contribution >= 0.6 is 0 Å². The molecule has 1 amide bonds. The van der Waals surface area contributed by atoms with Crippen LogP contribution in [0.4, 0.5) is 0 Å². The van der Waals surface area contributed by atoms with Gasteiger partial charge in [0.2, 0.25) is 5.91 Å². The van der Waals surface area contributed by atoms with Crippen molar-refractivity contribution >= 4 is 5.91 Å². The lowest BCUT2D eigenvalue weighted by Gasteiger charge is -2.24. The van der Waals surface area contributed by atoms with Gasteiger partial charge in [0.15, 0.2) is 0 Å². The van der Waals surface area contributed by atoms with Gasteiger partial charge in [0.1, 0.15) is 0 Å². The first kappa shape index (κ1) is 12.0. The van der Waals surface area contributed by atoms with Crippen molar-refractivity contribution < 1.29 is 4.79 Å². The van der Waals surface area contributed by atoms with E-state index >= 15 is 0 Å². The Labute approximate surface area is 102 Å². The third kappa shape index (κ3) is 3.27. The normalized spacial score (nSPS) is 21.8. The fourth-order valence-electron chi connectivity index (χ4n) is 2.11.